The molecule has 0 unspecified atom stereocenters. The Morgan fingerprint density at radius 3 is 2.41 bits per heavy atom. The lowest BCUT2D eigenvalue weighted by Gasteiger charge is -2.17. The number of carbonyl (C=O) groups is 2. The second kappa shape index (κ2) is 11.0. The van der Waals surface area contributed by atoms with Crippen LogP contribution in [-0.4, -0.2) is 34.3 Å². The van der Waals surface area contributed by atoms with Crippen LogP contribution in [0.1, 0.15) is 28.4 Å². The number of pyridine rings is 2. The molecule has 1 atom stereocenters. The second-order valence-electron chi connectivity index (χ2n) is 8.42. The summed E-state index contributed by atoms with van der Waals surface area (Å²) in [6.45, 7) is 1.60. The number of nitrogens with zero attached hydrogens (tertiary/aromatic N) is 2. The van der Waals surface area contributed by atoms with Crippen molar-refractivity contribution in [2.75, 3.05) is 12.4 Å². The van der Waals surface area contributed by atoms with Crippen molar-refractivity contribution in [3.63, 3.8) is 0 Å². The van der Waals surface area contributed by atoms with Crippen LogP contribution in [0.4, 0.5) is 14.5 Å². The van der Waals surface area contributed by atoms with Gasteiger partial charge in [-0.15, -0.1) is 0 Å². The fourth-order valence-electron chi connectivity index (χ4n) is 3.76. The first-order valence-corrected chi connectivity index (χ1v) is 11.5. The molecular formula is C28H24F2N4O3. The van der Waals surface area contributed by atoms with Gasteiger partial charge in [-0.1, -0.05) is 12.1 Å². The van der Waals surface area contributed by atoms with Crippen LogP contribution in [0.5, 0.6) is 0 Å². The van der Waals surface area contributed by atoms with Crippen molar-refractivity contribution in [2.45, 2.75) is 19.5 Å². The predicted molar refractivity (Wildman–Crippen MR) is 136 cm³/mol. The fourth-order valence-corrected chi connectivity index (χ4v) is 3.76. The molecule has 0 aliphatic rings. The third-order valence-corrected chi connectivity index (χ3v) is 5.91. The van der Waals surface area contributed by atoms with Gasteiger partial charge >= 0.3 is 0 Å². The van der Waals surface area contributed by atoms with E-state index in [2.05, 4.69) is 15.6 Å². The molecule has 0 aliphatic heterocycles. The molecule has 0 aliphatic carbocycles. The minimum Gasteiger partial charge on any atom is -0.320 e. The molecule has 188 valence electrons. The lowest BCUT2D eigenvalue weighted by molar-refractivity contribution is -0.117. The summed E-state index contributed by atoms with van der Waals surface area (Å²) in [6.07, 6.45) is 2.87. The van der Waals surface area contributed by atoms with Gasteiger partial charge < -0.3 is 15.2 Å². The summed E-state index contributed by atoms with van der Waals surface area (Å²) in [5.74, 6) is -1.74. The number of rotatable bonds is 8. The average Bonchev–Trinajstić information content (AvgIpc) is 2.91. The topological polar surface area (TPSA) is 93.1 Å². The van der Waals surface area contributed by atoms with Gasteiger partial charge in [0.15, 0.2) is 5.78 Å². The Morgan fingerprint density at radius 1 is 0.973 bits per heavy atom. The van der Waals surface area contributed by atoms with E-state index in [4.69, 9.17) is 0 Å². The van der Waals surface area contributed by atoms with Crippen molar-refractivity contribution in [2.24, 2.45) is 0 Å². The quantitative estimate of drug-likeness (QED) is 0.355. The number of anilines is 1. The number of aromatic nitrogens is 2. The van der Waals surface area contributed by atoms with Crippen molar-refractivity contribution in [3.05, 3.63) is 118 Å². The van der Waals surface area contributed by atoms with Crippen LogP contribution < -0.4 is 16.2 Å². The van der Waals surface area contributed by atoms with Gasteiger partial charge in [0.1, 0.15) is 17.3 Å². The summed E-state index contributed by atoms with van der Waals surface area (Å²) in [4.78, 5) is 42.9. The Kier molecular flexibility index (Phi) is 7.64. The molecule has 2 aromatic carbocycles. The number of ketones is 1. The van der Waals surface area contributed by atoms with Gasteiger partial charge in [0, 0.05) is 29.1 Å². The summed E-state index contributed by atoms with van der Waals surface area (Å²) >= 11 is 0. The van der Waals surface area contributed by atoms with Gasteiger partial charge in [-0.2, -0.15) is 0 Å². The van der Waals surface area contributed by atoms with E-state index in [0.29, 0.717) is 5.56 Å². The summed E-state index contributed by atoms with van der Waals surface area (Å²) in [7, 11) is 1.62. The van der Waals surface area contributed by atoms with Crippen LogP contribution in [0.2, 0.25) is 0 Å². The largest absolute Gasteiger partial charge is 0.320 e. The summed E-state index contributed by atoms with van der Waals surface area (Å²) in [5, 5.41) is 5.41. The minimum absolute atomic E-state index is 0.0266. The van der Waals surface area contributed by atoms with E-state index in [0.717, 1.165) is 0 Å². The third-order valence-electron chi connectivity index (χ3n) is 5.91. The average molecular weight is 503 g/mol. The van der Waals surface area contributed by atoms with Gasteiger partial charge in [-0.05, 0) is 74.1 Å². The SMILES string of the molecule is CN[C@H](C)C(=O)Nc1ccc(-c2ccccc2F)n(Cc2cncc(C(=O)c3ccc(F)cc3)c2)c1=O. The molecule has 37 heavy (non-hydrogen) atoms. The van der Waals surface area contributed by atoms with E-state index < -0.39 is 29.1 Å². The highest BCUT2D eigenvalue weighted by Crippen LogP contribution is 2.24. The van der Waals surface area contributed by atoms with E-state index in [1.165, 1.54) is 53.4 Å². The van der Waals surface area contributed by atoms with Crippen molar-refractivity contribution < 1.29 is 18.4 Å². The fraction of sp³-hybridized carbons (Fsp3) is 0.143. The molecule has 0 spiro atoms. The van der Waals surface area contributed by atoms with Crippen LogP contribution >= 0.6 is 0 Å². The maximum absolute atomic E-state index is 14.7. The Morgan fingerprint density at radius 2 is 1.70 bits per heavy atom. The Balaban J connectivity index is 1.76. The minimum atomic E-state index is -0.548. The highest BCUT2D eigenvalue weighted by atomic mass is 19.1. The van der Waals surface area contributed by atoms with Crippen molar-refractivity contribution in [3.8, 4) is 11.3 Å². The zero-order valence-electron chi connectivity index (χ0n) is 20.2. The Bertz CT molecular complexity index is 1520. The Labute approximate surface area is 211 Å². The van der Waals surface area contributed by atoms with Crippen molar-refractivity contribution in [1.29, 1.82) is 0 Å². The number of carbonyl (C=O) groups excluding carboxylic acids is 2. The van der Waals surface area contributed by atoms with Crippen LogP contribution in [-0.2, 0) is 11.3 Å². The number of amides is 1. The molecule has 2 N–H and O–H groups in total. The number of hydrogen-bond donors (Lipinski definition) is 2. The van der Waals surface area contributed by atoms with E-state index in [1.54, 1.807) is 44.3 Å². The van der Waals surface area contributed by atoms with Crippen LogP contribution in [0.3, 0.4) is 0 Å². The molecule has 0 radical (unpaired) electrons. The van der Waals surface area contributed by atoms with E-state index in [-0.39, 0.29) is 40.4 Å². The molecule has 2 aromatic heterocycles. The van der Waals surface area contributed by atoms with Crippen molar-refractivity contribution >= 4 is 17.4 Å². The molecule has 9 heteroatoms. The highest BCUT2D eigenvalue weighted by Gasteiger charge is 2.18. The van der Waals surface area contributed by atoms with Gasteiger partial charge in [-0.3, -0.25) is 19.4 Å². The molecule has 1 amide bonds. The zero-order chi connectivity index (χ0) is 26.5. The van der Waals surface area contributed by atoms with Gasteiger partial charge in [0.2, 0.25) is 5.91 Å². The number of likely N-dealkylation sites (N-methyl/N-ethyl adjacent to an activating group) is 1. The molecule has 4 aromatic rings. The summed E-state index contributed by atoms with van der Waals surface area (Å²) in [6, 6.07) is 15.2. The molecule has 0 saturated heterocycles. The van der Waals surface area contributed by atoms with Crippen LogP contribution in [0.25, 0.3) is 11.3 Å². The normalized spacial score (nSPS) is 11.7. The molecule has 2 heterocycles. The summed E-state index contributed by atoms with van der Waals surface area (Å²) < 4.78 is 29.3. The van der Waals surface area contributed by atoms with E-state index >= 15 is 0 Å². The van der Waals surface area contributed by atoms with Crippen molar-refractivity contribution in [1.82, 2.24) is 14.9 Å². The number of nitrogens with one attached hydrogen (secondary N) is 2. The van der Waals surface area contributed by atoms with Gasteiger partial charge in [0.25, 0.3) is 5.56 Å². The van der Waals surface area contributed by atoms with Gasteiger partial charge in [0.05, 0.1) is 18.3 Å². The molecule has 4 rings (SSSR count). The predicted octanol–water partition coefficient (Wildman–Crippen LogP) is 4.01. The monoisotopic (exact) mass is 502 g/mol. The molecule has 0 fully saturated rings. The highest BCUT2D eigenvalue weighted by molar-refractivity contribution is 6.08. The smallest absolute Gasteiger partial charge is 0.275 e. The first kappa shape index (κ1) is 25.6. The molecular weight excluding hydrogens is 478 g/mol. The maximum Gasteiger partial charge on any atom is 0.275 e. The number of hydrogen-bond acceptors (Lipinski definition) is 5. The first-order valence-electron chi connectivity index (χ1n) is 11.5. The van der Waals surface area contributed by atoms with Gasteiger partial charge in [-0.25, -0.2) is 8.78 Å². The lowest BCUT2D eigenvalue weighted by atomic mass is 10.0. The van der Waals surface area contributed by atoms with E-state index in [9.17, 15) is 23.2 Å². The number of benzene rings is 2. The molecule has 0 bridgehead atoms. The second-order valence-corrected chi connectivity index (χ2v) is 8.42. The maximum atomic E-state index is 14.7. The number of halogens is 2. The molecule has 0 saturated carbocycles. The Hall–Kier alpha value is -4.50. The van der Waals surface area contributed by atoms with Crippen LogP contribution in [0.15, 0.2) is 83.9 Å². The van der Waals surface area contributed by atoms with E-state index in [1.807, 2.05) is 0 Å². The summed E-state index contributed by atoms with van der Waals surface area (Å²) in [5.41, 5.74) is 1.00. The molecule has 7 nitrogen and oxygen atoms in total. The first-order chi connectivity index (χ1) is 17.8. The lowest BCUT2D eigenvalue weighted by Crippen LogP contribution is -2.37. The zero-order valence-corrected chi connectivity index (χ0v) is 20.2. The third kappa shape index (κ3) is 5.68. The van der Waals surface area contributed by atoms with Crippen LogP contribution in [0, 0.1) is 11.6 Å². The standard InChI is InChI=1S/C28H24F2N4O3/c1-17(31-2)27(36)33-24-11-12-25(22-5-3-4-6-23(22)30)34(28(24)37)16-18-13-20(15-32-14-18)26(35)19-7-9-21(29)10-8-19/h3-15,17,31H,16H2,1-2H3,(H,33,36)/t17-/m1/s1.